The van der Waals surface area contributed by atoms with Crippen molar-refractivity contribution in [2.75, 3.05) is 12.1 Å². The summed E-state index contributed by atoms with van der Waals surface area (Å²) in [6.07, 6.45) is 1.61. The van der Waals surface area contributed by atoms with Gasteiger partial charge < -0.3 is 4.74 Å². The Balaban J connectivity index is 2.04. The molecule has 0 atom stereocenters. The molecule has 0 bridgehead atoms. The standard InChI is InChI=1S/C18H13Cl2FN2O2/c1-10-15(7-11-6-12(19)8-16(20)17(11)25-2)18(24)23(22-10)14-5-3-4-13(21)9-14/h3-9H,1-2H3. The van der Waals surface area contributed by atoms with Gasteiger partial charge in [-0.25, -0.2) is 4.39 Å². The van der Waals surface area contributed by atoms with E-state index >= 15 is 0 Å². The molecule has 1 heterocycles. The van der Waals surface area contributed by atoms with Crippen molar-refractivity contribution in [3.05, 3.63) is 63.4 Å². The molecule has 0 saturated heterocycles. The Labute approximate surface area is 154 Å². The Bertz CT molecular complexity index is 925. The number of amides is 1. The first-order valence-electron chi connectivity index (χ1n) is 7.31. The molecule has 0 spiro atoms. The predicted octanol–water partition coefficient (Wildman–Crippen LogP) is 4.95. The molecule has 128 valence electrons. The number of hydrogen-bond acceptors (Lipinski definition) is 3. The fraction of sp³-hybridized carbons (Fsp3) is 0.111. The van der Waals surface area contributed by atoms with E-state index in [4.69, 9.17) is 27.9 Å². The lowest BCUT2D eigenvalue weighted by Crippen LogP contribution is -2.21. The smallest absolute Gasteiger partial charge is 0.280 e. The summed E-state index contributed by atoms with van der Waals surface area (Å²) < 4.78 is 18.7. The van der Waals surface area contributed by atoms with Gasteiger partial charge in [-0.05, 0) is 43.3 Å². The lowest BCUT2D eigenvalue weighted by molar-refractivity contribution is -0.114. The van der Waals surface area contributed by atoms with Gasteiger partial charge in [-0.3, -0.25) is 4.79 Å². The van der Waals surface area contributed by atoms with Crippen molar-refractivity contribution in [1.82, 2.24) is 0 Å². The molecule has 0 saturated carbocycles. The highest BCUT2D eigenvalue weighted by atomic mass is 35.5. The van der Waals surface area contributed by atoms with Gasteiger partial charge in [0.05, 0.1) is 29.1 Å². The first-order valence-corrected chi connectivity index (χ1v) is 8.06. The average molecular weight is 379 g/mol. The van der Waals surface area contributed by atoms with Crippen LogP contribution in [0.5, 0.6) is 5.75 Å². The summed E-state index contributed by atoms with van der Waals surface area (Å²) in [6.45, 7) is 1.70. The van der Waals surface area contributed by atoms with E-state index in [0.29, 0.717) is 38.3 Å². The van der Waals surface area contributed by atoms with Crippen LogP contribution in [-0.2, 0) is 4.79 Å². The number of hydrogen-bond donors (Lipinski definition) is 0. The van der Waals surface area contributed by atoms with Crippen molar-refractivity contribution in [3.8, 4) is 5.75 Å². The fourth-order valence-electron chi connectivity index (χ4n) is 2.53. The van der Waals surface area contributed by atoms with Crippen molar-refractivity contribution in [3.63, 3.8) is 0 Å². The van der Waals surface area contributed by atoms with Gasteiger partial charge in [0, 0.05) is 10.6 Å². The monoisotopic (exact) mass is 378 g/mol. The summed E-state index contributed by atoms with van der Waals surface area (Å²) in [5.41, 5.74) is 1.75. The summed E-state index contributed by atoms with van der Waals surface area (Å²) in [5.74, 6) is -0.413. The zero-order valence-electron chi connectivity index (χ0n) is 13.4. The Hall–Kier alpha value is -2.37. The van der Waals surface area contributed by atoms with Crippen LogP contribution in [-0.4, -0.2) is 18.7 Å². The number of hydrazone groups is 1. The third kappa shape index (κ3) is 3.38. The van der Waals surface area contributed by atoms with Gasteiger partial charge in [-0.2, -0.15) is 10.1 Å². The number of methoxy groups -OCH3 is 1. The van der Waals surface area contributed by atoms with E-state index in [2.05, 4.69) is 5.10 Å². The van der Waals surface area contributed by atoms with E-state index in [1.165, 1.54) is 25.3 Å². The van der Waals surface area contributed by atoms with Gasteiger partial charge in [0.15, 0.2) is 0 Å². The molecule has 0 aliphatic carbocycles. The highest BCUT2D eigenvalue weighted by molar-refractivity contribution is 6.36. The van der Waals surface area contributed by atoms with E-state index in [1.807, 2.05) is 0 Å². The van der Waals surface area contributed by atoms with E-state index in [0.717, 1.165) is 5.01 Å². The van der Waals surface area contributed by atoms with E-state index in [9.17, 15) is 9.18 Å². The minimum atomic E-state index is -0.445. The van der Waals surface area contributed by atoms with E-state index < -0.39 is 5.82 Å². The normalized spacial score (nSPS) is 15.7. The van der Waals surface area contributed by atoms with Crippen LogP contribution in [0.3, 0.4) is 0 Å². The lowest BCUT2D eigenvalue weighted by atomic mass is 10.1. The molecule has 1 aliphatic heterocycles. The molecule has 2 aromatic rings. The summed E-state index contributed by atoms with van der Waals surface area (Å²) in [4.78, 5) is 12.7. The SMILES string of the molecule is COc1c(Cl)cc(Cl)cc1C=C1C(=O)N(c2cccc(F)c2)N=C1C. The molecule has 25 heavy (non-hydrogen) atoms. The Morgan fingerprint density at radius 1 is 1.24 bits per heavy atom. The molecule has 2 aromatic carbocycles. The molecule has 1 amide bonds. The zero-order valence-corrected chi connectivity index (χ0v) is 14.9. The largest absolute Gasteiger partial charge is 0.495 e. The van der Waals surface area contributed by atoms with Gasteiger partial charge in [0.25, 0.3) is 5.91 Å². The summed E-state index contributed by atoms with van der Waals surface area (Å²) in [6, 6.07) is 8.87. The molecule has 3 rings (SSSR count). The van der Waals surface area contributed by atoms with Gasteiger partial charge in [0.1, 0.15) is 11.6 Å². The van der Waals surface area contributed by atoms with Crippen molar-refractivity contribution in [1.29, 1.82) is 0 Å². The first-order chi connectivity index (χ1) is 11.9. The number of carbonyl (C=O) groups excluding carboxylic acids is 1. The number of carbonyl (C=O) groups is 1. The number of ether oxygens (including phenoxy) is 1. The molecule has 1 aliphatic rings. The highest BCUT2D eigenvalue weighted by Crippen LogP contribution is 2.35. The molecule has 0 radical (unpaired) electrons. The van der Waals surface area contributed by atoms with Crippen LogP contribution in [0, 0.1) is 5.82 Å². The van der Waals surface area contributed by atoms with Gasteiger partial charge >= 0.3 is 0 Å². The number of nitrogens with zero attached hydrogens (tertiary/aromatic N) is 2. The second-order valence-corrected chi connectivity index (χ2v) is 6.19. The number of anilines is 1. The zero-order chi connectivity index (χ0) is 18.1. The second kappa shape index (κ2) is 6.86. The maximum Gasteiger partial charge on any atom is 0.280 e. The Kier molecular flexibility index (Phi) is 4.79. The van der Waals surface area contributed by atoms with Gasteiger partial charge in [0.2, 0.25) is 0 Å². The second-order valence-electron chi connectivity index (χ2n) is 5.35. The van der Waals surface area contributed by atoms with Gasteiger partial charge in [-0.1, -0.05) is 29.3 Å². The molecule has 0 unspecified atom stereocenters. The van der Waals surface area contributed by atoms with Crippen LogP contribution >= 0.6 is 23.2 Å². The third-order valence-electron chi connectivity index (χ3n) is 3.66. The van der Waals surface area contributed by atoms with Crippen LogP contribution in [0.2, 0.25) is 10.0 Å². The Morgan fingerprint density at radius 3 is 2.68 bits per heavy atom. The summed E-state index contributed by atoms with van der Waals surface area (Å²) in [7, 11) is 1.48. The highest BCUT2D eigenvalue weighted by Gasteiger charge is 2.29. The minimum Gasteiger partial charge on any atom is -0.495 e. The van der Waals surface area contributed by atoms with E-state index in [1.54, 1.807) is 31.2 Å². The molecule has 0 fully saturated rings. The van der Waals surface area contributed by atoms with Gasteiger partial charge in [-0.15, -0.1) is 0 Å². The van der Waals surface area contributed by atoms with Crippen molar-refractivity contribution >= 4 is 46.6 Å². The average Bonchev–Trinajstić information content (AvgIpc) is 2.83. The summed E-state index contributed by atoms with van der Waals surface area (Å²) >= 11 is 12.2. The molecule has 0 aromatic heterocycles. The molecule has 0 N–H and O–H groups in total. The van der Waals surface area contributed by atoms with Crippen LogP contribution in [0.25, 0.3) is 6.08 Å². The number of rotatable bonds is 3. The van der Waals surface area contributed by atoms with Crippen LogP contribution in [0.15, 0.2) is 47.1 Å². The summed E-state index contributed by atoms with van der Waals surface area (Å²) in [5, 5.41) is 6.13. The van der Waals surface area contributed by atoms with Crippen LogP contribution < -0.4 is 9.75 Å². The maximum atomic E-state index is 13.4. The quantitative estimate of drug-likeness (QED) is 0.709. The topological polar surface area (TPSA) is 41.9 Å². The number of benzene rings is 2. The van der Waals surface area contributed by atoms with Crippen LogP contribution in [0.4, 0.5) is 10.1 Å². The van der Waals surface area contributed by atoms with Crippen LogP contribution in [0.1, 0.15) is 12.5 Å². The minimum absolute atomic E-state index is 0.337. The maximum absolute atomic E-state index is 13.4. The molecule has 7 heteroatoms. The van der Waals surface area contributed by atoms with E-state index in [-0.39, 0.29) is 5.91 Å². The Morgan fingerprint density at radius 2 is 2.00 bits per heavy atom. The first kappa shape index (κ1) is 17.5. The van der Waals surface area contributed by atoms with Crippen molar-refractivity contribution < 1.29 is 13.9 Å². The van der Waals surface area contributed by atoms with Crippen molar-refractivity contribution in [2.45, 2.75) is 6.92 Å². The molecule has 4 nitrogen and oxygen atoms in total. The molecular formula is C18H13Cl2FN2O2. The molecular weight excluding hydrogens is 366 g/mol. The fourth-order valence-corrected chi connectivity index (χ4v) is 3.11. The predicted molar refractivity (Wildman–Crippen MR) is 98.0 cm³/mol. The lowest BCUT2D eigenvalue weighted by Gasteiger charge is -2.12. The third-order valence-corrected chi connectivity index (χ3v) is 4.16. The van der Waals surface area contributed by atoms with Crippen molar-refractivity contribution in [2.24, 2.45) is 5.10 Å². The number of halogens is 3.